The fourth-order valence-corrected chi connectivity index (χ4v) is 7.37. The summed E-state index contributed by atoms with van der Waals surface area (Å²) < 4.78 is 45.2. The number of hydrogen-bond acceptors (Lipinski definition) is 12. The molecule has 0 amide bonds. The summed E-state index contributed by atoms with van der Waals surface area (Å²) in [5.74, 6) is 0.995. The van der Waals surface area contributed by atoms with Crippen molar-refractivity contribution in [1.29, 1.82) is 0 Å². The second kappa shape index (κ2) is 14.3. The summed E-state index contributed by atoms with van der Waals surface area (Å²) in [6.07, 6.45) is 2.21. The first-order chi connectivity index (χ1) is 23.1. The minimum atomic E-state index is -1.77. The molecule has 4 atom stereocenters. The molecule has 1 saturated heterocycles. The summed E-state index contributed by atoms with van der Waals surface area (Å²) >= 11 is 0. The van der Waals surface area contributed by atoms with E-state index in [9.17, 15) is 19.6 Å². The second-order valence-corrected chi connectivity index (χ2v) is 15.7. The van der Waals surface area contributed by atoms with Crippen LogP contribution in [0.1, 0.15) is 95.9 Å². The zero-order valence-corrected chi connectivity index (χ0v) is 31.6. The van der Waals surface area contributed by atoms with Gasteiger partial charge in [-0.1, -0.05) is 26.0 Å². The van der Waals surface area contributed by atoms with Crippen molar-refractivity contribution >= 4 is 37.1 Å². The minimum Gasteiger partial charge on any atom is -0.496 e. The molecule has 1 aliphatic heterocycles. The molecule has 3 aliphatic carbocycles. The van der Waals surface area contributed by atoms with Gasteiger partial charge in [-0.05, 0) is 90.7 Å². The van der Waals surface area contributed by atoms with E-state index in [0.717, 1.165) is 6.42 Å². The van der Waals surface area contributed by atoms with E-state index in [1.165, 1.54) is 47.0 Å². The number of rotatable bonds is 8. The highest BCUT2D eigenvalue weighted by Gasteiger charge is 2.68. The van der Waals surface area contributed by atoms with Crippen LogP contribution in [0.2, 0.25) is 0 Å². The topological polar surface area (TPSA) is 148 Å². The van der Waals surface area contributed by atoms with E-state index in [2.05, 4.69) is 20.8 Å². The summed E-state index contributed by atoms with van der Waals surface area (Å²) in [7, 11) is 3.42. The van der Waals surface area contributed by atoms with Crippen LogP contribution in [-0.2, 0) is 18.8 Å². The van der Waals surface area contributed by atoms with Crippen molar-refractivity contribution in [3.8, 4) is 23.0 Å². The third kappa shape index (κ3) is 7.58. The van der Waals surface area contributed by atoms with Gasteiger partial charge >= 0.3 is 26.2 Å². The smallest absolute Gasteiger partial charge is 0.496 e. The van der Waals surface area contributed by atoms with Gasteiger partial charge in [0.2, 0.25) is 0 Å². The maximum atomic E-state index is 13.0. The highest BCUT2D eigenvalue weighted by Crippen LogP contribution is 2.65. The number of carbonyl (C=O) groups is 2. The van der Waals surface area contributed by atoms with Crippen molar-refractivity contribution in [2.45, 2.75) is 98.1 Å². The van der Waals surface area contributed by atoms with Crippen molar-refractivity contribution in [3.05, 3.63) is 35.4 Å². The van der Waals surface area contributed by atoms with Crippen LogP contribution in [0.5, 0.6) is 23.0 Å². The molecule has 0 radical (unpaired) electrons. The van der Waals surface area contributed by atoms with Crippen LogP contribution in [0.3, 0.4) is 0 Å². The van der Waals surface area contributed by atoms with E-state index < -0.39 is 37.4 Å². The van der Waals surface area contributed by atoms with E-state index in [1.807, 2.05) is 26.8 Å². The third-order valence-electron chi connectivity index (χ3n) is 9.84. The Balaban J connectivity index is 0.000000246. The molecule has 274 valence electrons. The quantitative estimate of drug-likeness (QED) is 0.304. The number of carbonyl (C=O) groups excluding carboxylic acids is 2. The van der Waals surface area contributed by atoms with E-state index in [4.69, 9.17) is 37.7 Å². The Bertz CT molecular complexity index is 1580. The number of hydrogen-bond donors (Lipinski definition) is 2. The van der Waals surface area contributed by atoms with E-state index in [-0.39, 0.29) is 45.2 Å². The summed E-state index contributed by atoms with van der Waals surface area (Å²) in [5.41, 5.74) is -0.395. The summed E-state index contributed by atoms with van der Waals surface area (Å²) in [6, 6.07) is 6.47. The molecule has 1 heterocycles. The van der Waals surface area contributed by atoms with Gasteiger partial charge in [-0.25, -0.2) is 9.59 Å². The summed E-state index contributed by atoms with van der Waals surface area (Å²) in [4.78, 5) is 25.2. The lowest BCUT2D eigenvalue weighted by molar-refractivity contribution is -0.199. The Morgan fingerprint density at radius 1 is 0.780 bits per heavy atom. The normalized spacial score (nSPS) is 23.3. The van der Waals surface area contributed by atoms with Crippen molar-refractivity contribution < 1.29 is 57.4 Å². The standard InChI is InChI=1S/C23H33BO6.C13H19BO6/c1-21(2,3)28-20(25)18-15(26-7)10-9-14(19(18)27-8)24-29-17-12-13-11-16(22(13,4)5)23(17,6)30-24;1-13(2,3)20-12(15)10-9(18-4)7-6-8(14(16)17)11(10)19-5/h9-10,13,16-17H,11-12H2,1-8H3;6-7,16-17H,1-5H3/t13-,16-,17?,23-;/m0./s1. The molecule has 14 heteroatoms. The van der Waals surface area contributed by atoms with Crippen molar-refractivity contribution in [3.63, 3.8) is 0 Å². The lowest BCUT2D eigenvalue weighted by Gasteiger charge is -2.64. The molecule has 2 bridgehead atoms. The maximum absolute atomic E-state index is 13.0. The Morgan fingerprint density at radius 2 is 1.28 bits per heavy atom. The number of methoxy groups -OCH3 is 4. The molecule has 0 aromatic heterocycles. The first kappa shape index (κ1) is 39.3. The van der Waals surface area contributed by atoms with Gasteiger partial charge in [0, 0.05) is 10.9 Å². The molecule has 4 aliphatic rings. The van der Waals surface area contributed by atoms with Crippen molar-refractivity contribution in [2.75, 3.05) is 28.4 Å². The van der Waals surface area contributed by atoms with Crippen LogP contribution in [-0.4, -0.2) is 87.6 Å². The van der Waals surface area contributed by atoms with Crippen molar-refractivity contribution in [1.82, 2.24) is 0 Å². The van der Waals surface area contributed by atoms with Crippen LogP contribution in [0, 0.1) is 17.3 Å². The van der Waals surface area contributed by atoms with Gasteiger partial charge < -0.3 is 47.8 Å². The van der Waals surface area contributed by atoms with E-state index >= 15 is 0 Å². The van der Waals surface area contributed by atoms with Gasteiger partial charge in [0.1, 0.15) is 45.3 Å². The fraction of sp³-hybridized carbons (Fsp3) is 0.611. The number of ether oxygens (including phenoxy) is 6. The van der Waals surface area contributed by atoms with Gasteiger partial charge in [-0.15, -0.1) is 0 Å². The Labute approximate surface area is 296 Å². The zero-order chi connectivity index (χ0) is 37.6. The van der Waals surface area contributed by atoms with Gasteiger partial charge in [0.15, 0.2) is 0 Å². The molecule has 2 N–H and O–H groups in total. The molecule has 3 saturated carbocycles. The Kier molecular flexibility index (Phi) is 11.2. The van der Waals surface area contributed by atoms with Crippen LogP contribution in [0.15, 0.2) is 24.3 Å². The van der Waals surface area contributed by atoms with E-state index in [0.29, 0.717) is 28.8 Å². The summed E-state index contributed by atoms with van der Waals surface area (Å²) in [6.45, 7) is 17.5. The zero-order valence-electron chi connectivity index (χ0n) is 31.6. The molecule has 2 aromatic rings. The van der Waals surface area contributed by atoms with Crippen molar-refractivity contribution in [2.24, 2.45) is 17.3 Å². The largest absolute Gasteiger partial charge is 0.498 e. The van der Waals surface area contributed by atoms with Crippen LogP contribution < -0.4 is 29.9 Å². The molecular formula is C36H52B2O12. The van der Waals surface area contributed by atoms with Gasteiger partial charge in [0.05, 0.1) is 40.1 Å². The van der Waals surface area contributed by atoms with Crippen LogP contribution in [0.25, 0.3) is 0 Å². The lowest BCUT2D eigenvalue weighted by Crippen LogP contribution is -2.65. The van der Waals surface area contributed by atoms with Gasteiger partial charge in [-0.3, -0.25) is 0 Å². The molecule has 1 unspecified atom stereocenters. The Morgan fingerprint density at radius 3 is 1.72 bits per heavy atom. The third-order valence-corrected chi connectivity index (χ3v) is 9.84. The number of benzene rings is 2. The van der Waals surface area contributed by atoms with E-state index in [1.54, 1.807) is 26.8 Å². The first-order valence-electron chi connectivity index (χ1n) is 16.8. The monoisotopic (exact) mass is 698 g/mol. The number of esters is 2. The minimum absolute atomic E-state index is 0.0219. The van der Waals surface area contributed by atoms with Gasteiger partial charge in [-0.2, -0.15) is 0 Å². The maximum Gasteiger partial charge on any atom is 0.498 e. The first-order valence-corrected chi connectivity index (χ1v) is 16.8. The molecule has 0 spiro atoms. The Hall–Kier alpha value is -3.45. The summed E-state index contributed by atoms with van der Waals surface area (Å²) in [5, 5.41) is 18.6. The van der Waals surface area contributed by atoms with Crippen LogP contribution in [0.4, 0.5) is 0 Å². The molecule has 6 rings (SSSR count). The predicted octanol–water partition coefficient (Wildman–Crippen LogP) is 3.93. The molecular weight excluding hydrogens is 646 g/mol. The lowest BCUT2D eigenvalue weighted by atomic mass is 9.43. The molecule has 50 heavy (non-hydrogen) atoms. The highest BCUT2D eigenvalue weighted by atomic mass is 16.7. The predicted molar refractivity (Wildman–Crippen MR) is 189 cm³/mol. The molecule has 4 fully saturated rings. The van der Waals surface area contributed by atoms with Gasteiger partial charge in [0.25, 0.3) is 0 Å². The average Bonchev–Trinajstić information content (AvgIpc) is 3.38. The average molecular weight is 698 g/mol. The highest BCUT2D eigenvalue weighted by molar-refractivity contribution is 6.63. The molecule has 12 nitrogen and oxygen atoms in total. The van der Waals surface area contributed by atoms with Crippen LogP contribution >= 0.6 is 0 Å². The second-order valence-electron chi connectivity index (χ2n) is 15.7. The fourth-order valence-electron chi connectivity index (χ4n) is 7.37. The molecule has 2 aromatic carbocycles. The SMILES string of the molecule is COc1ccc(B(O)O)c(OC)c1C(=O)OC(C)(C)C.COc1ccc(B2OC3C[C@@H]4C[C@@H](C4(C)C)[C@]3(C)O2)c(OC)c1C(=O)OC(C)(C)C.